The van der Waals surface area contributed by atoms with Crippen molar-refractivity contribution in [3.8, 4) is 5.88 Å². The average molecular weight is 310 g/mol. The van der Waals surface area contributed by atoms with Gasteiger partial charge in [0.25, 0.3) is 0 Å². The minimum atomic E-state index is 0.249. The van der Waals surface area contributed by atoms with Crippen LogP contribution in [0.25, 0.3) is 10.9 Å². The third-order valence-electron chi connectivity index (χ3n) is 4.14. The first-order chi connectivity index (χ1) is 11.1. The Labute approximate surface area is 135 Å². The lowest BCUT2D eigenvalue weighted by Gasteiger charge is -2.28. The van der Waals surface area contributed by atoms with E-state index < -0.39 is 0 Å². The summed E-state index contributed by atoms with van der Waals surface area (Å²) in [6.45, 7) is 4.84. The summed E-state index contributed by atoms with van der Waals surface area (Å²) >= 11 is 0. The van der Waals surface area contributed by atoms with Crippen molar-refractivity contribution >= 4 is 22.3 Å². The van der Waals surface area contributed by atoms with Crippen LogP contribution in [-0.4, -0.2) is 21.3 Å². The number of fused-ring (bicyclic) bond motifs is 1. The molecule has 2 heterocycles. The van der Waals surface area contributed by atoms with Crippen molar-refractivity contribution in [3.63, 3.8) is 0 Å². The van der Waals surface area contributed by atoms with E-state index in [1.807, 2.05) is 46.9 Å². The van der Waals surface area contributed by atoms with Crippen molar-refractivity contribution < 1.29 is 5.11 Å². The van der Waals surface area contributed by atoms with Gasteiger partial charge in [0.1, 0.15) is 0 Å². The molecule has 0 saturated heterocycles. The average Bonchev–Trinajstić information content (AvgIpc) is 2.82. The second-order valence-corrected chi connectivity index (χ2v) is 5.69. The summed E-state index contributed by atoms with van der Waals surface area (Å²) in [5.74, 6) is 0.249. The van der Waals surface area contributed by atoms with Crippen LogP contribution in [0.5, 0.6) is 5.88 Å². The van der Waals surface area contributed by atoms with Gasteiger partial charge in [0.05, 0.1) is 23.1 Å². The van der Waals surface area contributed by atoms with E-state index in [4.69, 9.17) is 5.73 Å². The molecule has 120 valence electrons. The number of hydrogen-bond donors (Lipinski definition) is 2. The van der Waals surface area contributed by atoms with Crippen LogP contribution in [0.4, 0.5) is 11.4 Å². The van der Waals surface area contributed by atoms with Gasteiger partial charge in [-0.25, -0.2) is 4.68 Å². The first-order valence-corrected chi connectivity index (χ1v) is 7.91. The van der Waals surface area contributed by atoms with Crippen LogP contribution in [0.15, 0.2) is 42.7 Å². The molecule has 0 aliphatic carbocycles. The number of para-hydroxylation sites is 1. The van der Waals surface area contributed by atoms with Crippen LogP contribution < -0.4 is 10.7 Å². The van der Waals surface area contributed by atoms with Gasteiger partial charge in [0.2, 0.25) is 5.88 Å². The predicted molar refractivity (Wildman–Crippen MR) is 94.6 cm³/mol. The molecule has 0 unspecified atom stereocenters. The zero-order valence-electron chi connectivity index (χ0n) is 13.5. The molecule has 3 N–H and O–H groups in total. The van der Waals surface area contributed by atoms with E-state index in [0.717, 1.165) is 41.5 Å². The van der Waals surface area contributed by atoms with E-state index in [0.29, 0.717) is 5.69 Å². The molecule has 2 aromatic heterocycles. The molecule has 3 rings (SSSR count). The number of nitrogens with zero attached hydrogens (tertiary/aromatic N) is 3. The summed E-state index contributed by atoms with van der Waals surface area (Å²) < 4.78 is 1.85. The van der Waals surface area contributed by atoms with Gasteiger partial charge in [0.15, 0.2) is 0 Å². The van der Waals surface area contributed by atoms with Gasteiger partial charge in [-0.2, -0.15) is 0 Å². The van der Waals surface area contributed by atoms with Gasteiger partial charge < -0.3 is 10.8 Å². The number of nitrogens with two attached hydrogens (primary N) is 1. The molecule has 0 saturated carbocycles. The molecular formula is C18H22N4O. The molecule has 23 heavy (non-hydrogen) atoms. The molecule has 1 aromatic carbocycles. The number of unbranched alkanes of at least 4 members (excludes halogenated alkanes) is 1. The molecule has 0 bridgehead atoms. The second-order valence-electron chi connectivity index (χ2n) is 5.69. The molecule has 5 heteroatoms. The normalized spacial score (nSPS) is 11.0. The van der Waals surface area contributed by atoms with Crippen molar-refractivity contribution in [2.45, 2.75) is 26.7 Å². The van der Waals surface area contributed by atoms with Crippen molar-refractivity contribution in [1.82, 2.24) is 9.66 Å². The molecule has 3 aromatic rings. The summed E-state index contributed by atoms with van der Waals surface area (Å²) in [5.41, 5.74) is 9.42. The summed E-state index contributed by atoms with van der Waals surface area (Å²) in [4.78, 5) is 4.07. The van der Waals surface area contributed by atoms with Crippen LogP contribution in [0, 0.1) is 6.92 Å². The Morgan fingerprint density at radius 1 is 1.26 bits per heavy atom. The van der Waals surface area contributed by atoms with Crippen molar-refractivity contribution in [1.29, 1.82) is 0 Å². The van der Waals surface area contributed by atoms with E-state index in [9.17, 15) is 5.11 Å². The highest BCUT2D eigenvalue weighted by Gasteiger charge is 2.20. The number of benzene rings is 1. The minimum absolute atomic E-state index is 0.249. The quantitative estimate of drug-likeness (QED) is 0.754. The van der Waals surface area contributed by atoms with Gasteiger partial charge in [-0.15, -0.1) is 0 Å². The van der Waals surface area contributed by atoms with E-state index in [1.54, 1.807) is 12.4 Å². The number of aryl methyl sites for hydroxylation is 1. The fourth-order valence-electron chi connectivity index (χ4n) is 2.88. The van der Waals surface area contributed by atoms with Crippen molar-refractivity contribution in [2.75, 3.05) is 17.3 Å². The third-order valence-corrected chi connectivity index (χ3v) is 4.14. The molecule has 0 atom stereocenters. The first kappa shape index (κ1) is 15.2. The summed E-state index contributed by atoms with van der Waals surface area (Å²) in [5, 5.41) is 13.8. The van der Waals surface area contributed by atoms with Gasteiger partial charge >= 0.3 is 0 Å². The predicted octanol–water partition coefficient (Wildman–Crippen LogP) is 3.70. The van der Waals surface area contributed by atoms with Crippen LogP contribution in [0.1, 0.15) is 25.3 Å². The fourth-order valence-corrected chi connectivity index (χ4v) is 2.88. The number of rotatable bonds is 5. The van der Waals surface area contributed by atoms with Crippen LogP contribution in [0.3, 0.4) is 0 Å². The van der Waals surface area contributed by atoms with E-state index in [-0.39, 0.29) is 5.88 Å². The molecule has 0 amide bonds. The Morgan fingerprint density at radius 2 is 2.04 bits per heavy atom. The second kappa shape index (κ2) is 6.20. The zero-order chi connectivity index (χ0) is 16.4. The van der Waals surface area contributed by atoms with Gasteiger partial charge in [-0.3, -0.25) is 9.99 Å². The van der Waals surface area contributed by atoms with E-state index in [1.165, 1.54) is 0 Å². The van der Waals surface area contributed by atoms with Gasteiger partial charge in [-0.05, 0) is 25.5 Å². The number of nitrogen functional groups attached to an aromatic ring is 1. The SMILES string of the molecule is CCCCN(c1ccncc1N)n1c(O)c(C)c2ccccc21. The Bertz CT molecular complexity index is 825. The number of aromatic nitrogens is 2. The summed E-state index contributed by atoms with van der Waals surface area (Å²) in [6, 6.07) is 9.88. The molecule has 0 radical (unpaired) electrons. The van der Waals surface area contributed by atoms with E-state index in [2.05, 4.69) is 11.9 Å². The highest BCUT2D eigenvalue weighted by molar-refractivity contribution is 5.87. The monoisotopic (exact) mass is 310 g/mol. The summed E-state index contributed by atoms with van der Waals surface area (Å²) in [6.07, 6.45) is 5.41. The molecule has 0 aliphatic heterocycles. The Kier molecular flexibility index (Phi) is 4.10. The minimum Gasteiger partial charge on any atom is -0.493 e. The van der Waals surface area contributed by atoms with Crippen LogP contribution in [0.2, 0.25) is 0 Å². The van der Waals surface area contributed by atoms with Crippen molar-refractivity contribution in [2.24, 2.45) is 0 Å². The molecule has 0 fully saturated rings. The molecule has 5 nitrogen and oxygen atoms in total. The zero-order valence-corrected chi connectivity index (χ0v) is 13.5. The Hall–Kier alpha value is -2.69. The molecule has 0 spiro atoms. The summed E-state index contributed by atoms with van der Waals surface area (Å²) in [7, 11) is 0. The van der Waals surface area contributed by atoms with Gasteiger partial charge in [-0.1, -0.05) is 31.5 Å². The number of aromatic hydroxyl groups is 1. The molecule has 0 aliphatic rings. The number of anilines is 2. The smallest absolute Gasteiger partial charge is 0.214 e. The lowest BCUT2D eigenvalue weighted by molar-refractivity contribution is 0.418. The largest absolute Gasteiger partial charge is 0.493 e. The van der Waals surface area contributed by atoms with Crippen LogP contribution in [-0.2, 0) is 0 Å². The number of pyridine rings is 1. The highest BCUT2D eigenvalue weighted by Crippen LogP contribution is 2.34. The Morgan fingerprint density at radius 3 is 2.78 bits per heavy atom. The maximum absolute atomic E-state index is 10.7. The van der Waals surface area contributed by atoms with Gasteiger partial charge in [0, 0.05) is 23.7 Å². The van der Waals surface area contributed by atoms with E-state index >= 15 is 0 Å². The van der Waals surface area contributed by atoms with Crippen molar-refractivity contribution in [3.05, 3.63) is 48.3 Å². The third kappa shape index (κ3) is 2.59. The Balaban J connectivity index is 2.22. The first-order valence-electron chi connectivity index (χ1n) is 7.91. The standard InChI is InChI=1S/C18H22N4O/c1-3-4-11-21(17-9-10-20-12-15(17)19)22-16-8-6-5-7-14(16)13(2)18(22)23/h5-10,12,23H,3-4,11,19H2,1-2H3. The lowest BCUT2D eigenvalue weighted by atomic mass is 10.2. The highest BCUT2D eigenvalue weighted by atomic mass is 16.3. The fraction of sp³-hybridized carbons (Fsp3) is 0.278. The maximum Gasteiger partial charge on any atom is 0.214 e. The van der Waals surface area contributed by atoms with Crippen LogP contribution >= 0.6 is 0 Å². The molecular weight excluding hydrogens is 288 g/mol. The topological polar surface area (TPSA) is 67.3 Å². The number of hydrogen-bond acceptors (Lipinski definition) is 4. The maximum atomic E-state index is 10.7. The lowest BCUT2D eigenvalue weighted by Crippen LogP contribution is -2.31.